The molecule has 1 aromatic heterocycles. The molecule has 0 saturated carbocycles. The Kier molecular flexibility index (Phi) is 8.50. The Hall–Kier alpha value is -8.26. The van der Waals surface area contributed by atoms with Gasteiger partial charge in [-0.25, -0.2) is 15.0 Å². The third-order valence-corrected chi connectivity index (χ3v) is 11.5. The highest BCUT2D eigenvalue weighted by molar-refractivity contribution is 6.14. The first-order valence-corrected chi connectivity index (χ1v) is 20.1. The van der Waals surface area contributed by atoms with Crippen LogP contribution in [-0.4, -0.2) is 15.0 Å². The van der Waals surface area contributed by atoms with Crippen LogP contribution in [-0.2, 0) is 0 Å². The first-order chi connectivity index (χ1) is 29.7. The molecule has 0 unspecified atom stereocenters. The Labute approximate surface area is 347 Å². The topological polar surface area (TPSA) is 62.5 Å². The van der Waals surface area contributed by atoms with Crippen molar-refractivity contribution in [1.29, 1.82) is 5.26 Å². The van der Waals surface area contributed by atoms with Gasteiger partial charge in [-0.3, -0.25) is 0 Å². The molecule has 0 saturated heterocycles. The molecule has 0 atom stereocenters. The summed E-state index contributed by atoms with van der Waals surface area (Å²) in [6.45, 7) is 0. The molecule has 0 bridgehead atoms. The molecule has 11 rings (SSSR count). The van der Waals surface area contributed by atoms with E-state index in [9.17, 15) is 5.26 Å². The molecule has 1 heterocycles. The van der Waals surface area contributed by atoms with Crippen LogP contribution in [0.25, 0.3) is 111 Å². The van der Waals surface area contributed by atoms with Crippen molar-refractivity contribution < 1.29 is 0 Å². The minimum absolute atomic E-state index is 0.582. The highest BCUT2D eigenvalue weighted by atomic mass is 15.0. The molecule has 0 aliphatic heterocycles. The third kappa shape index (κ3) is 6.23. The SMILES string of the molecule is N#Cc1cc(-c2cccc(-c3cccc4ccc5ccccc5c34)c2)ccc1-c1ccc(-c2nc(-c3ccccc3)nc(-c3ccc4ccc5ccccc5c4c3)n2)cc1. The van der Waals surface area contributed by atoms with Crippen LogP contribution >= 0.6 is 0 Å². The third-order valence-electron chi connectivity index (χ3n) is 11.5. The minimum atomic E-state index is 0.582. The average molecular weight is 763 g/mol. The van der Waals surface area contributed by atoms with E-state index in [1.165, 1.54) is 43.3 Å². The quantitative estimate of drug-likeness (QED) is 0.158. The summed E-state index contributed by atoms with van der Waals surface area (Å²) in [5.74, 6) is 1.80. The van der Waals surface area contributed by atoms with Gasteiger partial charge in [0.2, 0.25) is 0 Å². The number of nitriles is 1. The Morgan fingerprint density at radius 1 is 0.300 bits per heavy atom. The lowest BCUT2D eigenvalue weighted by molar-refractivity contribution is 1.07. The molecular weight excluding hydrogens is 729 g/mol. The summed E-state index contributed by atoms with van der Waals surface area (Å²) in [6.07, 6.45) is 0. The van der Waals surface area contributed by atoms with Gasteiger partial charge in [0.15, 0.2) is 17.5 Å². The van der Waals surface area contributed by atoms with Crippen LogP contribution in [0.1, 0.15) is 5.56 Å². The van der Waals surface area contributed by atoms with Gasteiger partial charge in [-0.1, -0.05) is 188 Å². The summed E-state index contributed by atoms with van der Waals surface area (Å²) in [5, 5.41) is 20.1. The predicted molar refractivity (Wildman–Crippen MR) is 247 cm³/mol. The summed E-state index contributed by atoms with van der Waals surface area (Å²) in [4.78, 5) is 15.0. The smallest absolute Gasteiger partial charge is 0.164 e. The molecule has 4 nitrogen and oxygen atoms in total. The Bertz CT molecular complexity index is 3490. The maximum atomic E-state index is 10.5. The number of aromatic nitrogens is 3. The number of hydrogen-bond acceptors (Lipinski definition) is 4. The zero-order chi connectivity index (χ0) is 40.0. The van der Waals surface area contributed by atoms with Crippen molar-refractivity contribution in [2.24, 2.45) is 0 Å². The molecule has 0 aliphatic rings. The molecule has 11 aromatic rings. The van der Waals surface area contributed by atoms with E-state index in [2.05, 4.69) is 152 Å². The van der Waals surface area contributed by atoms with Crippen LogP contribution in [0.15, 0.2) is 206 Å². The molecule has 0 amide bonds. The predicted octanol–water partition coefficient (Wildman–Crippen LogP) is 14.4. The molecule has 0 fully saturated rings. The second kappa shape index (κ2) is 14.6. The lowest BCUT2D eigenvalue weighted by atomic mass is 9.91. The first-order valence-electron chi connectivity index (χ1n) is 20.1. The number of hydrogen-bond donors (Lipinski definition) is 0. The molecule has 10 aromatic carbocycles. The van der Waals surface area contributed by atoms with E-state index in [0.717, 1.165) is 49.9 Å². The van der Waals surface area contributed by atoms with Crippen molar-refractivity contribution in [1.82, 2.24) is 15.0 Å². The van der Waals surface area contributed by atoms with Crippen LogP contribution in [0, 0.1) is 11.3 Å². The van der Waals surface area contributed by atoms with E-state index in [4.69, 9.17) is 15.0 Å². The molecule has 60 heavy (non-hydrogen) atoms. The summed E-state index contributed by atoms with van der Waals surface area (Å²) >= 11 is 0. The first kappa shape index (κ1) is 34.9. The largest absolute Gasteiger partial charge is 0.208 e. The van der Waals surface area contributed by atoms with Crippen molar-refractivity contribution >= 4 is 43.1 Å². The summed E-state index contributed by atoms with van der Waals surface area (Å²) in [5.41, 5.74) is 9.50. The number of nitrogens with zero attached hydrogens (tertiary/aromatic N) is 4. The van der Waals surface area contributed by atoms with Crippen molar-refractivity contribution in [2.75, 3.05) is 0 Å². The monoisotopic (exact) mass is 762 g/mol. The van der Waals surface area contributed by atoms with Gasteiger partial charge in [0.25, 0.3) is 0 Å². The van der Waals surface area contributed by atoms with E-state index in [-0.39, 0.29) is 0 Å². The fourth-order valence-corrected chi connectivity index (χ4v) is 8.52. The summed E-state index contributed by atoms with van der Waals surface area (Å²) in [7, 11) is 0. The zero-order valence-electron chi connectivity index (χ0n) is 32.4. The molecule has 4 heteroatoms. The van der Waals surface area contributed by atoms with Crippen LogP contribution < -0.4 is 0 Å². The van der Waals surface area contributed by atoms with Crippen LogP contribution in [0.2, 0.25) is 0 Å². The molecule has 0 aliphatic carbocycles. The maximum absolute atomic E-state index is 10.5. The van der Waals surface area contributed by atoms with Crippen LogP contribution in [0.4, 0.5) is 0 Å². The standard InChI is InChI=1S/C56H34N4/c57-35-47-33-44(43-15-8-16-45(32-43)51-19-9-14-40-26-22-37-11-5-7-18-50(37)53(40)51)30-31-48(47)38-23-27-42(28-24-38)55-58-54(41-12-2-1-3-13-41)59-56(60-55)46-29-25-39-21-20-36-10-4-6-17-49(36)52(39)34-46/h1-34H. The van der Waals surface area contributed by atoms with Gasteiger partial charge in [0.05, 0.1) is 11.6 Å². The van der Waals surface area contributed by atoms with Gasteiger partial charge in [0.1, 0.15) is 0 Å². The van der Waals surface area contributed by atoms with Crippen molar-refractivity contribution in [3.05, 3.63) is 212 Å². The van der Waals surface area contributed by atoms with Gasteiger partial charge in [-0.15, -0.1) is 0 Å². The molecular formula is C56H34N4. The minimum Gasteiger partial charge on any atom is -0.208 e. The van der Waals surface area contributed by atoms with E-state index in [1.54, 1.807) is 0 Å². The Balaban J connectivity index is 0.945. The van der Waals surface area contributed by atoms with Gasteiger partial charge < -0.3 is 0 Å². The van der Waals surface area contributed by atoms with Crippen LogP contribution in [0.5, 0.6) is 0 Å². The lowest BCUT2D eigenvalue weighted by Gasteiger charge is -2.13. The molecule has 0 spiro atoms. The van der Waals surface area contributed by atoms with Crippen molar-refractivity contribution in [3.63, 3.8) is 0 Å². The lowest BCUT2D eigenvalue weighted by Crippen LogP contribution is -2.00. The van der Waals surface area contributed by atoms with E-state index in [1.807, 2.05) is 60.7 Å². The number of fused-ring (bicyclic) bond motifs is 6. The fourth-order valence-electron chi connectivity index (χ4n) is 8.52. The Morgan fingerprint density at radius 3 is 1.57 bits per heavy atom. The molecule has 0 N–H and O–H groups in total. The number of benzene rings is 10. The van der Waals surface area contributed by atoms with Gasteiger partial charge in [-0.2, -0.15) is 5.26 Å². The van der Waals surface area contributed by atoms with Gasteiger partial charge in [0, 0.05) is 16.7 Å². The molecule has 0 radical (unpaired) electrons. The van der Waals surface area contributed by atoms with Crippen molar-refractivity contribution in [3.8, 4) is 73.6 Å². The highest BCUT2D eigenvalue weighted by Crippen LogP contribution is 2.38. The molecule has 278 valence electrons. The maximum Gasteiger partial charge on any atom is 0.164 e. The van der Waals surface area contributed by atoms with Gasteiger partial charge in [-0.05, 0) is 94.7 Å². The normalized spacial score (nSPS) is 11.3. The number of rotatable bonds is 6. The Morgan fingerprint density at radius 2 is 0.800 bits per heavy atom. The van der Waals surface area contributed by atoms with Gasteiger partial charge >= 0.3 is 0 Å². The second-order valence-corrected chi connectivity index (χ2v) is 15.1. The van der Waals surface area contributed by atoms with E-state index in [0.29, 0.717) is 23.0 Å². The summed E-state index contributed by atoms with van der Waals surface area (Å²) < 4.78 is 0. The fraction of sp³-hybridized carbons (Fsp3) is 0. The highest BCUT2D eigenvalue weighted by Gasteiger charge is 2.15. The summed E-state index contributed by atoms with van der Waals surface area (Å²) in [6, 6.07) is 74.1. The second-order valence-electron chi connectivity index (χ2n) is 15.1. The average Bonchev–Trinajstić information content (AvgIpc) is 3.33. The van der Waals surface area contributed by atoms with Crippen LogP contribution in [0.3, 0.4) is 0 Å². The van der Waals surface area contributed by atoms with E-state index < -0.39 is 0 Å². The zero-order valence-corrected chi connectivity index (χ0v) is 32.4. The van der Waals surface area contributed by atoms with Crippen molar-refractivity contribution in [2.45, 2.75) is 0 Å². The van der Waals surface area contributed by atoms with E-state index >= 15 is 0 Å².